The van der Waals surface area contributed by atoms with E-state index >= 15 is 0 Å². The van der Waals surface area contributed by atoms with Crippen LogP contribution in [0.15, 0.2) is 45.9 Å². The van der Waals surface area contributed by atoms with Gasteiger partial charge in [-0.1, -0.05) is 28.1 Å². The summed E-state index contributed by atoms with van der Waals surface area (Å²) in [5.74, 6) is 0. The van der Waals surface area contributed by atoms with Crippen molar-refractivity contribution in [3.63, 3.8) is 0 Å². The van der Waals surface area contributed by atoms with E-state index in [0.717, 1.165) is 10.0 Å². The minimum Gasteiger partial charge on any atom is -0.326 e. The van der Waals surface area contributed by atoms with Crippen LogP contribution in [-0.4, -0.2) is 9.97 Å². The van der Waals surface area contributed by atoms with Gasteiger partial charge in [0.25, 0.3) is 5.56 Å². The van der Waals surface area contributed by atoms with E-state index in [2.05, 4.69) is 25.9 Å². The molecule has 2 aromatic rings. The predicted molar refractivity (Wildman–Crippen MR) is 61.8 cm³/mol. The number of rotatable bonds is 2. The summed E-state index contributed by atoms with van der Waals surface area (Å²) >= 11 is 3.36. The molecule has 0 aliphatic heterocycles. The Kier molecular flexibility index (Phi) is 2.97. The number of H-pyrrole nitrogens is 1. The van der Waals surface area contributed by atoms with Crippen molar-refractivity contribution in [3.8, 4) is 0 Å². The van der Waals surface area contributed by atoms with E-state index in [1.54, 1.807) is 6.20 Å². The molecule has 3 nitrogen and oxygen atoms in total. The second-order valence-corrected chi connectivity index (χ2v) is 4.08. The molecule has 0 aliphatic carbocycles. The van der Waals surface area contributed by atoms with Crippen LogP contribution in [0.2, 0.25) is 0 Å². The molecule has 1 aromatic carbocycles. The van der Waals surface area contributed by atoms with Crippen LogP contribution in [0.3, 0.4) is 0 Å². The zero-order chi connectivity index (χ0) is 10.7. The summed E-state index contributed by atoms with van der Waals surface area (Å²) in [6.07, 6.45) is 3.69. The van der Waals surface area contributed by atoms with Crippen LogP contribution in [0.4, 0.5) is 0 Å². The average molecular weight is 265 g/mol. The highest BCUT2D eigenvalue weighted by Crippen LogP contribution is 2.11. The third kappa shape index (κ3) is 2.53. The molecule has 0 saturated carbocycles. The highest BCUT2D eigenvalue weighted by molar-refractivity contribution is 9.10. The summed E-state index contributed by atoms with van der Waals surface area (Å²) in [4.78, 5) is 18.0. The van der Waals surface area contributed by atoms with E-state index in [4.69, 9.17) is 0 Å². The normalized spacial score (nSPS) is 10.2. The fraction of sp³-hybridized carbons (Fsp3) is 0.0909. The fourth-order valence-electron chi connectivity index (χ4n) is 1.30. The Morgan fingerprint density at radius 3 is 2.67 bits per heavy atom. The number of nitrogens with one attached hydrogen (secondary N) is 1. The number of hydrogen-bond donors (Lipinski definition) is 1. The summed E-state index contributed by atoms with van der Waals surface area (Å²) in [6.45, 7) is 0. The summed E-state index contributed by atoms with van der Waals surface area (Å²) in [7, 11) is 0. The van der Waals surface area contributed by atoms with Crippen LogP contribution >= 0.6 is 15.9 Å². The molecule has 1 N–H and O–H groups in total. The molecule has 76 valence electrons. The second kappa shape index (κ2) is 4.40. The molecule has 0 amide bonds. The number of hydrogen-bond acceptors (Lipinski definition) is 2. The van der Waals surface area contributed by atoms with Crippen molar-refractivity contribution in [2.75, 3.05) is 0 Å². The third-order valence-electron chi connectivity index (χ3n) is 2.07. The van der Waals surface area contributed by atoms with Gasteiger partial charge < -0.3 is 4.98 Å². The van der Waals surface area contributed by atoms with E-state index in [1.165, 1.54) is 6.20 Å². The maximum atomic E-state index is 11.4. The van der Waals surface area contributed by atoms with Gasteiger partial charge in [0, 0.05) is 23.3 Å². The molecule has 1 heterocycles. The van der Waals surface area contributed by atoms with Crippen LogP contribution in [0.25, 0.3) is 0 Å². The predicted octanol–water partition coefficient (Wildman–Crippen LogP) is 2.12. The number of benzene rings is 1. The lowest BCUT2D eigenvalue weighted by Gasteiger charge is -1.99. The lowest BCUT2D eigenvalue weighted by atomic mass is 10.1. The van der Waals surface area contributed by atoms with E-state index in [0.29, 0.717) is 12.1 Å². The summed E-state index contributed by atoms with van der Waals surface area (Å²) < 4.78 is 1.03. The van der Waals surface area contributed by atoms with Crippen molar-refractivity contribution in [2.24, 2.45) is 0 Å². The molecule has 0 unspecified atom stereocenters. The summed E-state index contributed by atoms with van der Waals surface area (Å²) in [5, 5.41) is 0. The number of nitrogens with zero attached hydrogens (tertiary/aromatic N) is 1. The Balaban J connectivity index is 2.26. The first-order valence-electron chi connectivity index (χ1n) is 4.53. The Morgan fingerprint density at radius 1 is 1.27 bits per heavy atom. The standard InChI is InChI=1S/C11H9BrN2O/c12-9-3-1-8(2-4-9)7-10-11(15)14-6-5-13-10/h1-6H,7H2,(H,14,15). The first-order chi connectivity index (χ1) is 7.25. The number of aromatic amines is 1. The monoisotopic (exact) mass is 264 g/mol. The molecule has 1 aromatic heterocycles. The van der Waals surface area contributed by atoms with E-state index in [1.807, 2.05) is 24.3 Å². The van der Waals surface area contributed by atoms with E-state index in [-0.39, 0.29) is 5.56 Å². The molecule has 15 heavy (non-hydrogen) atoms. The first kappa shape index (κ1) is 10.1. The molecule has 0 fully saturated rings. The van der Waals surface area contributed by atoms with Crippen LogP contribution in [0.5, 0.6) is 0 Å². The van der Waals surface area contributed by atoms with Gasteiger partial charge >= 0.3 is 0 Å². The molecular formula is C11H9BrN2O. The second-order valence-electron chi connectivity index (χ2n) is 3.17. The maximum absolute atomic E-state index is 11.4. The van der Waals surface area contributed by atoms with Gasteiger partial charge in [0.05, 0.1) is 0 Å². The van der Waals surface area contributed by atoms with Gasteiger partial charge in [-0.2, -0.15) is 0 Å². The van der Waals surface area contributed by atoms with Gasteiger partial charge in [0.1, 0.15) is 5.69 Å². The van der Waals surface area contributed by atoms with E-state index < -0.39 is 0 Å². The lowest BCUT2D eigenvalue weighted by Crippen LogP contribution is -2.13. The quantitative estimate of drug-likeness (QED) is 0.904. The van der Waals surface area contributed by atoms with E-state index in [9.17, 15) is 4.79 Å². The average Bonchev–Trinajstić information content (AvgIpc) is 2.25. The molecule has 4 heteroatoms. The largest absolute Gasteiger partial charge is 0.326 e. The van der Waals surface area contributed by atoms with Gasteiger partial charge in [-0.25, -0.2) is 0 Å². The van der Waals surface area contributed by atoms with Crippen LogP contribution in [0.1, 0.15) is 11.3 Å². The van der Waals surface area contributed by atoms with Gasteiger partial charge in [0.15, 0.2) is 0 Å². The maximum Gasteiger partial charge on any atom is 0.269 e. The van der Waals surface area contributed by atoms with Crippen molar-refractivity contribution >= 4 is 15.9 Å². The van der Waals surface area contributed by atoms with Gasteiger partial charge in [-0.15, -0.1) is 0 Å². The molecule has 0 bridgehead atoms. The molecule has 0 atom stereocenters. The highest BCUT2D eigenvalue weighted by atomic mass is 79.9. The fourth-order valence-corrected chi connectivity index (χ4v) is 1.57. The van der Waals surface area contributed by atoms with Crippen molar-refractivity contribution in [1.82, 2.24) is 9.97 Å². The zero-order valence-electron chi connectivity index (χ0n) is 7.90. The Hall–Kier alpha value is -1.42. The number of halogens is 1. The topological polar surface area (TPSA) is 45.8 Å². The highest BCUT2D eigenvalue weighted by Gasteiger charge is 2.01. The molecule has 0 aliphatic rings. The Labute approximate surface area is 95.3 Å². The van der Waals surface area contributed by atoms with Crippen molar-refractivity contribution in [1.29, 1.82) is 0 Å². The van der Waals surface area contributed by atoms with Gasteiger partial charge in [-0.05, 0) is 17.7 Å². The summed E-state index contributed by atoms with van der Waals surface area (Å²) in [5.41, 5.74) is 1.49. The van der Waals surface area contributed by atoms with Crippen LogP contribution < -0.4 is 5.56 Å². The molecule has 0 spiro atoms. The first-order valence-corrected chi connectivity index (χ1v) is 5.32. The third-order valence-corrected chi connectivity index (χ3v) is 2.59. The molecule has 0 saturated heterocycles. The minimum absolute atomic E-state index is 0.125. The van der Waals surface area contributed by atoms with Crippen LogP contribution in [-0.2, 0) is 6.42 Å². The minimum atomic E-state index is -0.125. The lowest BCUT2D eigenvalue weighted by molar-refractivity contribution is 0.990. The SMILES string of the molecule is O=c1[nH]ccnc1Cc1ccc(Br)cc1. The number of aromatic nitrogens is 2. The van der Waals surface area contributed by atoms with Gasteiger partial charge in [0.2, 0.25) is 0 Å². The Morgan fingerprint density at radius 2 is 2.00 bits per heavy atom. The summed E-state index contributed by atoms with van der Waals surface area (Å²) in [6, 6.07) is 7.84. The Bertz CT molecular complexity index is 504. The smallest absolute Gasteiger partial charge is 0.269 e. The van der Waals surface area contributed by atoms with Crippen molar-refractivity contribution < 1.29 is 0 Å². The van der Waals surface area contributed by atoms with Crippen LogP contribution in [0, 0.1) is 0 Å². The zero-order valence-corrected chi connectivity index (χ0v) is 9.49. The molecule has 2 rings (SSSR count). The molecule has 0 radical (unpaired) electrons. The van der Waals surface area contributed by atoms with Gasteiger partial charge in [-0.3, -0.25) is 9.78 Å². The van der Waals surface area contributed by atoms with Crippen molar-refractivity contribution in [2.45, 2.75) is 6.42 Å². The van der Waals surface area contributed by atoms with Crippen molar-refractivity contribution in [3.05, 3.63) is 62.7 Å². The molecular weight excluding hydrogens is 256 g/mol.